The number of rotatable bonds is 2. The second-order valence-corrected chi connectivity index (χ2v) is 7.32. The molecule has 1 amide bonds. The van der Waals surface area contributed by atoms with Gasteiger partial charge in [0.05, 0.1) is 11.8 Å². The summed E-state index contributed by atoms with van der Waals surface area (Å²) in [7, 11) is 0. The summed E-state index contributed by atoms with van der Waals surface area (Å²) in [6.07, 6.45) is 6.15. The molecule has 0 N–H and O–H groups in total. The fourth-order valence-electron chi connectivity index (χ4n) is 3.64. The summed E-state index contributed by atoms with van der Waals surface area (Å²) in [5.74, 6) is 0.114. The quantitative estimate of drug-likeness (QED) is 0.783. The fourth-order valence-corrected chi connectivity index (χ4v) is 3.64. The maximum absolute atomic E-state index is 12.5. The summed E-state index contributed by atoms with van der Waals surface area (Å²) >= 11 is 0. The number of amides is 1. The van der Waals surface area contributed by atoms with Crippen LogP contribution in [0.3, 0.4) is 0 Å². The Balaban J connectivity index is 1.69. The van der Waals surface area contributed by atoms with E-state index in [2.05, 4.69) is 0 Å². The maximum Gasteiger partial charge on any atom is 0.410 e. The van der Waals surface area contributed by atoms with Gasteiger partial charge in [0, 0.05) is 18.0 Å². The van der Waals surface area contributed by atoms with Gasteiger partial charge in [-0.3, -0.25) is 4.79 Å². The number of piperidine rings is 1. The summed E-state index contributed by atoms with van der Waals surface area (Å²) in [5.41, 5.74) is 0.148. The van der Waals surface area contributed by atoms with E-state index in [0.29, 0.717) is 5.56 Å². The number of carbonyl (C=O) groups excluding carboxylic acids is 2. The number of fused-ring (bicyclic) bond motifs is 2. The zero-order valence-electron chi connectivity index (χ0n) is 13.4. The molecule has 5 nitrogen and oxygen atoms in total. The van der Waals surface area contributed by atoms with Crippen molar-refractivity contribution < 1.29 is 18.7 Å². The third-order valence-corrected chi connectivity index (χ3v) is 4.51. The normalized spacial score (nSPS) is 27.8. The van der Waals surface area contributed by atoms with Crippen molar-refractivity contribution in [3.05, 3.63) is 24.2 Å². The van der Waals surface area contributed by atoms with Crippen LogP contribution in [0, 0.1) is 5.92 Å². The average molecular weight is 305 g/mol. The maximum atomic E-state index is 12.5. The molecule has 5 heteroatoms. The van der Waals surface area contributed by atoms with E-state index in [1.807, 2.05) is 25.7 Å². The summed E-state index contributed by atoms with van der Waals surface area (Å²) in [4.78, 5) is 26.7. The Morgan fingerprint density at radius 3 is 2.36 bits per heavy atom. The Labute approximate surface area is 130 Å². The van der Waals surface area contributed by atoms with Gasteiger partial charge in [0.1, 0.15) is 11.9 Å². The van der Waals surface area contributed by atoms with Crippen molar-refractivity contribution in [3.63, 3.8) is 0 Å². The molecular formula is C17H23NO4. The third-order valence-electron chi connectivity index (χ3n) is 4.51. The van der Waals surface area contributed by atoms with Crippen molar-refractivity contribution in [3.8, 4) is 0 Å². The number of carbonyl (C=O) groups is 2. The Morgan fingerprint density at radius 2 is 1.86 bits per heavy atom. The molecular weight excluding hydrogens is 282 g/mol. The van der Waals surface area contributed by atoms with Crippen LogP contribution in [0.15, 0.2) is 23.0 Å². The molecule has 1 aromatic heterocycles. The molecule has 2 bridgehead atoms. The van der Waals surface area contributed by atoms with Crippen molar-refractivity contribution in [2.75, 3.05) is 0 Å². The van der Waals surface area contributed by atoms with Gasteiger partial charge in [-0.25, -0.2) is 4.79 Å². The molecule has 2 unspecified atom stereocenters. The van der Waals surface area contributed by atoms with Gasteiger partial charge in [0.15, 0.2) is 5.78 Å². The first-order valence-electron chi connectivity index (χ1n) is 7.93. The van der Waals surface area contributed by atoms with E-state index < -0.39 is 5.60 Å². The Hall–Kier alpha value is -1.78. The molecule has 0 spiro atoms. The van der Waals surface area contributed by atoms with Crippen LogP contribution < -0.4 is 0 Å². The predicted molar refractivity (Wildman–Crippen MR) is 80.6 cm³/mol. The number of nitrogens with zero attached hydrogens (tertiary/aromatic N) is 1. The Kier molecular flexibility index (Phi) is 3.75. The molecule has 3 heterocycles. The molecule has 2 atom stereocenters. The van der Waals surface area contributed by atoms with E-state index in [1.165, 1.54) is 12.5 Å². The molecule has 0 aliphatic carbocycles. The number of hydrogen-bond donors (Lipinski definition) is 0. The topological polar surface area (TPSA) is 59.8 Å². The molecule has 0 radical (unpaired) electrons. The van der Waals surface area contributed by atoms with Gasteiger partial charge in [0.2, 0.25) is 0 Å². The highest BCUT2D eigenvalue weighted by molar-refractivity contribution is 5.97. The van der Waals surface area contributed by atoms with E-state index in [-0.39, 0.29) is 29.9 Å². The first-order chi connectivity index (χ1) is 10.3. The minimum absolute atomic E-state index is 0.0196. The van der Waals surface area contributed by atoms with Crippen LogP contribution in [0.2, 0.25) is 0 Å². The molecule has 0 aromatic carbocycles. The zero-order chi connectivity index (χ0) is 15.9. The van der Waals surface area contributed by atoms with Crippen molar-refractivity contribution in [2.24, 2.45) is 5.92 Å². The lowest BCUT2D eigenvalue weighted by atomic mass is 9.85. The Bertz CT molecular complexity index is 544. The largest absolute Gasteiger partial charge is 0.472 e. The second kappa shape index (κ2) is 5.45. The van der Waals surface area contributed by atoms with Crippen molar-refractivity contribution in [1.29, 1.82) is 0 Å². The molecule has 2 aliphatic heterocycles. The van der Waals surface area contributed by atoms with E-state index >= 15 is 0 Å². The Morgan fingerprint density at radius 1 is 1.23 bits per heavy atom. The summed E-state index contributed by atoms with van der Waals surface area (Å²) in [6.45, 7) is 5.63. The van der Waals surface area contributed by atoms with Crippen LogP contribution in [-0.2, 0) is 4.74 Å². The van der Waals surface area contributed by atoms with Gasteiger partial charge in [-0.1, -0.05) is 0 Å². The van der Waals surface area contributed by atoms with Gasteiger partial charge in [-0.2, -0.15) is 0 Å². The smallest absolute Gasteiger partial charge is 0.410 e. The molecule has 3 rings (SSSR count). The lowest BCUT2D eigenvalue weighted by molar-refractivity contribution is 0.00253. The molecule has 2 saturated heterocycles. The first kappa shape index (κ1) is 15.1. The molecule has 22 heavy (non-hydrogen) atoms. The lowest BCUT2D eigenvalue weighted by Crippen LogP contribution is -2.49. The van der Waals surface area contributed by atoms with Crippen LogP contribution in [0.4, 0.5) is 4.79 Å². The fraction of sp³-hybridized carbons (Fsp3) is 0.647. The average Bonchev–Trinajstić information content (AvgIpc) is 3.03. The second-order valence-electron chi connectivity index (χ2n) is 7.32. The predicted octanol–water partition coefficient (Wildman–Crippen LogP) is 3.64. The minimum Gasteiger partial charge on any atom is -0.472 e. The molecule has 1 aromatic rings. The molecule has 120 valence electrons. The van der Waals surface area contributed by atoms with E-state index in [9.17, 15) is 9.59 Å². The summed E-state index contributed by atoms with van der Waals surface area (Å²) < 4.78 is 10.5. The van der Waals surface area contributed by atoms with Crippen LogP contribution in [-0.4, -0.2) is 34.5 Å². The summed E-state index contributed by atoms with van der Waals surface area (Å²) in [6, 6.07) is 1.95. The van der Waals surface area contributed by atoms with Gasteiger partial charge in [-0.05, 0) is 52.5 Å². The molecule has 0 saturated carbocycles. The minimum atomic E-state index is -0.486. The zero-order valence-corrected chi connectivity index (χ0v) is 13.4. The van der Waals surface area contributed by atoms with Gasteiger partial charge >= 0.3 is 6.09 Å². The third kappa shape index (κ3) is 2.89. The van der Waals surface area contributed by atoms with Crippen LogP contribution in [0.25, 0.3) is 0 Å². The first-order valence-corrected chi connectivity index (χ1v) is 7.93. The van der Waals surface area contributed by atoms with Gasteiger partial charge in [0.25, 0.3) is 0 Å². The van der Waals surface area contributed by atoms with Gasteiger partial charge < -0.3 is 14.1 Å². The van der Waals surface area contributed by atoms with Crippen molar-refractivity contribution in [2.45, 2.75) is 64.1 Å². The van der Waals surface area contributed by atoms with E-state index in [0.717, 1.165) is 25.7 Å². The van der Waals surface area contributed by atoms with Crippen molar-refractivity contribution in [1.82, 2.24) is 4.90 Å². The van der Waals surface area contributed by atoms with Crippen LogP contribution >= 0.6 is 0 Å². The summed E-state index contributed by atoms with van der Waals surface area (Å²) in [5, 5.41) is 0. The van der Waals surface area contributed by atoms with Crippen LogP contribution in [0.5, 0.6) is 0 Å². The number of ether oxygens (including phenoxy) is 1. The number of furan rings is 1. The van der Waals surface area contributed by atoms with E-state index in [4.69, 9.17) is 9.15 Å². The SMILES string of the molecule is CC(C)(C)OC(=O)N1C2CCC1CC(C(=O)c1ccoc1)C2. The molecule has 2 aliphatic rings. The van der Waals surface area contributed by atoms with Crippen molar-refractivity contribution >= 4 is 11.9 Å². The monoisotopic (exact) mass is 305 g/mol. The highest BCUT2D eigenvalue weighted by Gasteiger charge is 2.46. The standard InChI is InChI=1S/C17H23NO4/c1-17(2,3)22-16(20)18-13-4-5-14(18)9-12(8-13)15(19)11-6-7-21-10-11/h6-7,10,12-14H,4-5,8-9H2,1-3H3. The highest BCUT2D eigenvalue weighted by atomic mass is 16.6. The number of hydrogen-bond acceptors (Lipinski definition) is 4. The lowest BCUT2D eigenvalue weighted by Gasteiger charge is -2.38. The number of ketones is 1. The number of Topliss-reactive ketones (excluding diaryl/α,β-unsaturated/α-hetero) is 1. The van der Waals surface area contributed by atoms with Crippen LogP contribution in [0.1, 0.15) is 56.8 Å². The van der Waals surface area contributed by atoms with Gasteiger partial charge in [-0.15, -0.1) is 0 Å². The highest BCUT2D eigenvalue weighted by Crippen LogP contribution is 2.40. The molecule has 2 fully saturated rings. The van der Waals surface area contributed by atoms with E-state index in [1.54, 1.807) is 6.07 Å².